The molecule has 0 spiro atoms. The van der Waals surface area contributed by atoms with Crippen LogP contribution >= 0.6 is 0 Å². The highest BCUT2D eigenvalue weighted by molar-refractivity contribution is 5.78. The van der Waals surface area contributed by atoms with E-state index in [4.69, 9.17) is 10.5 Å². The highest BCUT2D eigenvalue weighted by atomic mass is 16.5. The molecule has 0 aromatic rings. The number of nitrogens with two attached hydrogens (primary N) is 1. The summed E-state index contributed by atoms with van der Waals surface area (Å²) in [5, 5.41) is 3.04. The highest BCUT2D eigenvalue weighted by Gasteiger charge is 2.20. The van der Waals surface area contributed by atoms with Crippen LogP contribution in [-0.4, -0.2) is 32.2 Å². The normalized spacial score (nSPS) is 15.1. The van der Waals surface area contributed by atoms with Gasteiger partial charge in [-0.25, -0.2) is 0 Å². The Morgan fingerprint density at radius 1 is 1.32 bits per heavy atom. The van der Waals surface area contributed by atoms with Gasteiger partial charge in [0.15, 0.2) is 0 Å². The van der Waals surface area contributed by atoms with E-state index in [-0.39, 0.29) is 23.3 Å². The third-order valence-electron chi connectivity index (χ3n) is 3.47. The zero-order valence-electron chi connectivity index (χ0n) is 13.3. The maximum Gasteiger partial charge on any atom is 0.222 e. The predicted octanol–water partition coefficient (Wildman–Crippen LogP) is 2.32. The fourth-order valence-electron chi connectivity index (χ4n) is 1.84. The van der Waals surface area contributed by atoms with Crippen LogP contribution < -0.4 is 11.1 Å². The molecule has 3 N–H and O–H groups in total. The van der Waals surface area contributed by atoms with Gasteiger partial charge < -0.3 is 15.8 Å². The van der Waals surface area contributed by atoms with Gasteiger partial charge in [0.2, 0.25) is 5.91 Å². The minimum atomic E-state index is 0.0666. The Balaban J connectivity index is 3.89. The molecule has 0 aromatic heterocycles. The van der Waals surface area contributed by atoms with Gasteiger partial charge >= 0.3 is 0 Å². The number of rotatable bonds is 10. The summed E-state index contributed by atoms with van der Waals surface area (Å²) < 4.78 is 5.08. The van der Waals surface area contributed by atoms with Crippen molar-refractivity contribution in [3.8, 4) is 0 Å². The summed E-state index contributed by atoms with van der Waals surface area (Å²) in [6, 6.07) is 0.225. The molecule has 0 saturated carbocycles. The summed E-state index contributed by atoms with van der Waals surface area (Å²) in [5.41, 5.74) is 5.79. The summed E-state index contributed by atoms with van der Waals surface area (Å²) in [4.78, 5) is 12.0. The molecule has 4 heteroatoms. The van der Waals surface area contributed by atoms with Gasteiger partial charge in [-0.05, 0) is 31.6 Å². The first kappa shape index (κ1) is 18.4. The zero-order valence-corrected chi connectivity index (χ0v) is 13.3. The molecule has 0 bridgehead atoms. The van der Waals surface area contributed by atoms with Crippen LogP contribution in [0.25, 0.3) is 0 Å². The van der Waals surface area contributed by atoms with Gasteiger partial charge in [-0.2, -0.15) is 0 Å². The van der Waals surface area contributed by atoms with E-state index < -0.39 is 0 Å². The van der Waals surface area contributed by atoms with E-state index in [9.17, 15) is 4.79 Å². The monoisotopic (exact) mass is 272 g/mol. The number of hydrogen-bond donors (Lipinski definition) is 2. The summed E-state index contributed by atoms with van der Waals surface area (Å²) >= 11 is 0. The van der Waals surface area contributed by atoms with Crippen LogP contribution in [0.15, 0.2) is 0 Å². The zero-order chi connectivity index (χ0) is 14.9. The predicted molar refractivity (Wildman–Crippen MR) is 79.9 cm³/mol. The minimum absolute atomic E-state index is 0.0666. The molecule has 0 saturated heterocycles. The average Bonchev–Trinajstić information content (AvgIpc) is 2.33. The molecule has 0 heterocycles. The molecule has 0 fully saturated rings. The SMILES string of the molecule is COCCC(C)(C)CNC(=O)C(C)CCCC(C)N. The van der Waals surface area contributed by atoms with E-state index in [2.05, 4.69) is 19.2 Å². The van der Waals surface area contributed by atoms with Crippen molar-refractivity contribution in [3.63, 3.8) is 0 Å². The van der Waals surface area contributed by atoms with E-state index >= 15 is 0 Å². The lowest BCUT2D eigenvalue weighted by molar-refractivity contribution is -0.125. The van der Waals surface area contributed by atoms with Crippen molar-refractivity contribution in [3.05, 3.63) is 0 Å². The van der Waals surface area contributed by atoms with Crippen LogP contribution in [-0.2, 0) is 9.53 Å². The molecule has 0 aromatic carbocycles. The summed E-state index contributed by atoms with van der Waals surface area (Å²) in [6.45, 7) is 9.71. The Morgan fingerprint density at radius 2 is 1.95 bits per heavy atom. The maximum absolute atomic E-state index is 12.0. The molecule has 0 radical (unpaired) electrons. The number of nitrogens with one attached hydrogen (secondary N) is 1. The molecule has 2 unspecified atom stereocenters. The summed E-state index contributed by atoms with van der Waals surface area (Å²) in [7, 11) is 1.70. The second-order valence-electron chi connectivity index (χ2n) is 6.43. The average molecular weight is 272 g/mol. The van der Waals surface area contributed by atoms with Crippen LogP contribution in [0, 0.1) is 11.3 Å². The number of ether oxygens (including phenoxy) is 1. The topological polar surface area (TPSA) is 64.3 Å². The Bertz CT molecular complexity index is 253. The van der Waals surface area contributed by atoms with Crippen molar-refractivity contribution in [1.29, 1.82) is 0 Å². The third-order valence-corrected chi connectivity index (χ3v) is 3.47. The first-order valence-electron chi connectivity index (χ1n) is 7.30. The van der Waals surface area contributed by atoms with Crippen molar-refractivity contribution >= 4 is 5.91 Å². The first-order valence-corrected chi connectivity index (χ1v) is 7.30. The van der Waals surface area contributed by atoms with Crippen LogP contribution in [0.5, 0.6) is 0 Å². The van der Waals surface area contributed by atoms with E-state index in [1.807, 2.05) is 13.8 Å². The van der Waals surface area contributed by atoms with Gasteiger partial charge in [-0.15, -0.1) is 0 Å². The number of amides is 1. The second-order valence-corrected chi connectivity index (χ2v) is 6.43. The number of hydrogen-bond acceptors (Lipinski definition) is 3. The Labute approximate surface area is 118 Å². The van der Waals surface area contributed by atoms with E-state index in [0.29, 0.717) is 6.54 Å². The number of methoxy groups -OCH3 is 1. The van der Waals surface area contributed by atoms with E-state index in [1.165, 1.54) is 0 Å². The van der Waals surface area contributed by atoms with Crippen LogP contribution in [0.1, 0.15) is 53.4 Å². The maximum atomic E-state index is 12.0. The minimum Gasteiger partial charge on any atom is -0.385 e. The van der Waals surface area contributed by atoms with Crippen LogP contribution in [0.2, 0.25) is 0 Å². The molecular weight excluding hydrogens is 240 g/mol. The Hall–Kier alpha value is -0.610. The van der Waals surface area contributed by atoms with Gasteiger partial charge in [0.25, 0.3) is 0 Å². The molecule has 0 rings (SSSR count). The molecule has 2 atom stereocenters. The third kappa shape index (κ3) is 9.91. The van der Waals surface area contributed by atoms with Gasteiger partial charge in [0, 0.05) is 32.2 Å². The fourth-order valence-corrected chi connectivity index (χ4v) is 1.84. The van der Waals surface area contributed by atoms with Crippen molar-refractivity contribution in [2.75, 3.05) is 20.3 Å². The van der Waals surface area contributed by atoms with Crippen LogP contribution in [0.4, 0.5) is 0 Å². The largest absolute Gasteiger partial charge is 0.385 e. The molecule has 0 aliphatic heterocycles. The Morgan fingerprint density at radius 3 is 2.47 bits per heavy atom. The van der Waals surface area contributed by atoms with E-state index in [1.54, 1.807) is 7.11 Å². The lowest BCUT2D eigenvalue weighted by Crippen LogP contribution is -2.37. The van der Waals surface area contributed by atoms with Crippen molar-refractivity contribution in [2.24, 2.45) is 17.1 Å². The van der Waals surface area contributed by atoms with Gasteiger partial charge in [-0.3, -0.25) is 4.79 Å². The van der Waals surface area contributed by atoms with E-state index in [0.717, 1.165) is 32.3 Å². The summed E-state index contributed by atoms with van der Waals surface area (Å²) in [5.74, 6) is 0.215. The summed E-state index contributed by atoms with van der Waals surface area (Å²) in [6.07, 6.45) is 3.85. The molecule has 0 aliphatic rings. The van der Waals surface area contributed by atoms with Crippen molar-refractivity contribution < 1.29 is 9.53 Å². The second kappa shape index (κ2) is 9.32. The van der Waals surface area contributed by atoms with Crippen molar-refractivity contribution in [1.82, 2.24) is 5.32 Å². The van der Waals surface area contributed by atoms with Crippen molar-refractivity contribution in [2.45, 2.75) is 59.4 Å². The quantitative estimate of drug-likeness (QED) is 0.641. The molecule has 1 amide bonds. The number of carbonyl (C=O) groups excluding carboxylic acids is 1. The number of carbonyl (C=O) groups is 1. The molecule has 19 heavy (non-hydrogen) atoms. The van der Waals surface area contributed by atoms with Gasteiger partial charge in [0.05, 0.1) is 0 Å². The fraction of sp³-hybridized carbons (Fsp3) is 0.933. The van der Waals surface area contributed by atoms with Gasteiger partial charge in [0.1, 0.15) is 0 Å². The smallest absolute Gasteiger partial charge is 0.222 e. The van der Waals surface area contributed by atoms with Crippen LogP contribution in [0.3, 0.4) is 0 Å². The highest BCUT2D eigenvalue weighted by Crippen LogP contribution is 2.19. The Kier molecular flexibility index (Phi) is 9.02. The lowest BCUT2D eigenvalue weighted by atomic mass is 9.89. The first-order chi connectivity index (χ1) is 8.78. The molecule has 4 nitrogen and oxygen atoms in total. The molecule has 0 aliphatic carbocycles. The lowest BCUT2D eigenvalue weighted by Gasteiger charge is -2.25. The standard InChI is InChI=1S/C15H32N2O2/c1-12(7-6-8-13(2)16)14(18)17-11-15(3,4)9-10-19-5/h12-13H,6-11,16H2,1-5H3,(H,17,18). The molecule has 114 valence electrons. The molecular formula is C15H32N2O2. The van der Waals surface area contributed by atoms with Gasteiger partial charge in [-0.1, -0.05) is 27.2 Å².